The summed E-state index contributed by atoms with van der Waals surface area (Å²) in [6.45, 7) is 2.23. The van der Waals surface area contributed by atoms with E-state index in [4.69, 9.17) is 26.8 Å². The summed E-state index contributed by atoms with van der Waals surface area (Å²) >= 11 is 6.07. The van der Waals surface area contributed by atoms with Crippen LogP contribution in [0.1, 0.15) is 17.5 Å². The minimum absolute atomic E-state index is 0.00325. The Morgan fingerprint density at radius 3 is 2.44 bits per heavy atom. The Balaban J connectivity index is 2.33. The molecule has 2 aromatic carbocycles. The summed E-state index contributed by atoms with van der Waals surface area (Å²) in [6.07, 6.45) is 0.779. The van der Waals surface area contributed by atoms with Crippen molar-refractivity contribution in [1.82, 2.24) is 4.90 Å². The maximum Gasteiger partial charge on any atom is 0.277 e. The third-order valence-electron chi connectivity index (χ3n) is 4.15. The fourth-order valence-corrected chi connectivity index (χ4v) is 3.08. The van der Waals surface area contributed by atoms with E-state index in [2.05, 4.69) is 4.90 Å². The van der Waals surface area contributed by atoms with Gasteiger partial charge in [-0.15, -0.1) is 0 Å². The first-order chi connectivity index (χ1) is 13.0. The van der Waals surface area contributed by atoms with Gasteiger partial charge in [0, 0.05) is 30.2 Å². The van der Waals surface area contributed by atoms with Crippen LogP contribution in [0.15, 0.2) is 36.4 Å². The van der Waals surface area contributed by atoms with Gasteiger partial charge in [0.25, 0.3) is 5.69 Å². The Morgan fingerprint density at radius 2 is 1.85 bits per heavy atom. The van der Waals surface area contributed by atoms with E-state index >= 15 is 0 Å². The Kier molecular flexibility index (Phi) is 7.84. The molecule has 0 bridgehead atoms. The highest BCUT2D eigenvalue weighted by Gasteiger charge is 2.21. The second-order valence-electron chi connectivity index (χ2n) is 6.08. The number of nitro benzene ring substituents is 1. The molecule has 0 fully saturated rings. The molecule has 2 rings (SSSR count). The van der Waals surface area contributed by atoms with Crippen LogP contribution in [0, 0.1) is 10.1 Å². The van der Waals surface area contributed by atoms with E-state index in [9.17, 15) is 10.1 Å². The van der Waals surface area contributed by atoms with Gasteiger partial charge in [-0.3, -0.25) is 15.0 Å². The molecule has 0 heterocycles. The molecule has 0 atom stereocenters. The van der Waals surface area contributed by atoms with Crippen LogP contribution in [-0.4, -0.2) is 37.1 Å². The van der Waals surface area contributed by atoms with Crippen molar-refractivity contribution < 1.29 is 14.4 Å². The van der Waals surface area contributed by atoms with Crippen molar-refractivity contribution in [3.8, 4) is 11.5 Å². The third-order valence-corrected chi connectivity index (χ3v) is 4.38. The second kappa shape index (κ2) is 10.1. The standard InChI is InChI=1S/C19H24ClN3O4/c1-26-18-10-15(17(23(24)25)11-19(18)27-2)13-22(8-4-7-21)12-14-5-3-6-16(20)9-14/h3,5-6,9-11H,4,7-8,12-13,21H2,1-2H3. The predicted molar refractivity (Wildman–Crippen MR) is 105 cm³/mol. The molecule has 0 aromatic heterocycles. The molecule has 0 saturated heterocycles. The first-order valence-corrected chi connectivity index (χ1v) is 8.92. The number of hydrogen-bond donors (Lipinski definition) is 1. The van der Waals surface area contributed by atoms with Gasteiger partial charge in [-0.1, -0.05) is 23.7 Å². The molecule has 27 heavy (non-hydrogen) atoms. The van der Waals surface area contributed by atoms with Crippen LogP contribution in [0.3, 0.4) is 0 Å². The number of ether oxygens (including phenoxy) is 2. The van der Waals surface area contributed by atoms with E-state index in [1.54, 1.807) is 6.07 Å². The van der Waals surface area contributed by atoms with Gasteiger partial charge < -0.3 is 15.2 Å². The van der Waals surface area contributed by atoms with Crippen LogP contribution in [0.2, 0.25) is 5.02 Å². The van der Waals surface area contributed by atoms with Gasteiger partial charge in [0.1, 0.15) is 0 Å². The highest BCUT2D eigenvalue weighted by molar-refractivity contribution is 6.30. The van der Waals surface area contributed by atoms with Gasteiger partial charge in [0.05, 0.1) is 25.2 Å². The minimum Gasteiger partial charge on any atom is -0.493 e. The van der Waals surface area contributed by atoms with E-state index in [1.165, 1.54) is 20.3 Å². The van der Waals surface area contributed by atoms with Gasteiger partial charge in [-0.2, -0.15) is 0 Å². The zero-order chi connectivity index (χ0) is 19.8. The number of benzene rings is 2. The molecule has 2 aromatic rings. The van der Waals surface area contributed by atoms with Crippen molar-refractivity contribution in [2.75, 3.05) is 27.3 Å². The minimum atomic E-state index is -0.405. The Hall–Kier alpha value is -2.35. The lowest BCUT2D eigenvalue weighted by Gasteiger charge is -2.23. The first kappa shape index (κ1) is 21.0. The number of nitrogens with zero attached hydrogens (tertiary/aromatic N) is 2. The molecule has 0 spiro atoms. The van der Waals surface area contributed by atoms with Crippen LogP contribution in [-0.2, 0) is 13.1 Å². The smallest absolute Gasteiger partial charge is 0.277 e. The van der Waals surface area contributed by atoms with Gasteiger partial charge >= 0.3 is 0 Å². The summed E-state index contributed by atoms with van der Waals surface area (Å²) in [6, 6.07) is 10.6. The summed E-state index contributed by atoms with van der Waals surface area (Å²) in [7, 11) is 2.96. The van der Waals surface area contributed by atoms with Gasteiger partial charge in [0.2, 0.25) is 0 Å². The third kappa shape index (κ3) is 5.82. The summed E-state index contributed by atoms with van der Waals surface area (Å²) in [5, 5.41) is 12.2. The molecule has 2 N–H and O–H groups in total. The molecular formula is C19H24ClN3O4. The number of halogens is 1. The largest absolute Gasteiger partial charge is 0.493 e. The molecule has 0 amide bonds. The summed E-state index contributed by atoms with van der Waals surface area (Å²) in [5.41, 5.74) is 7.24. The molecule has 0 aliphatic carbocycles. The fourth-order valence-electron chi connectivity index (χ4n) is 2.87. The van der Waals surface area contributed by atoms with Gasteiger partial charge in [-0.05, 0) is 36.7 Å². The van der Waals surface area contributed by atoms with Crippen molar-refractivity contribution in [3.05, 3.63) is 62.7 Å². The summed E-state index contributed by atoms with van der Waals surface area (Å²) < 4.78 is 10.5. The molecule has 7 nitrogen and oxygen atoms in total. The second-order valence-corrected chi connectivity index (χ2v) is 6.51. The Bertz CT molecular complexity index is 786. The average Bonchev–Trinajstić information content (AvgIpc) is 2.65. The molecular weight excluding hydrogens is 370 g/mol. The van der Waals surface area contributed by atoms with E-state index in [-0.39, 0.29) is 5.69 Å². The zero-order valence-electron chi connectivity index (χ0n) is 15.5. The van der Waals surface area contributed by atoms with E-state index in [0.29, 0.717) is 48.3 Å². The van der Waals surface area contributed by atoms with Crippen LogP contribution in [0.4, 0.5) is 5.69 Å². The lowest BCUT2D eigenvalue weighted by molar-refractivity contribution is -0.385. The maximum absolute atomic E-state index is 11.5. The lowest BCUT2D eigenvalue weighted by atomic mass is 10.1. The molecule has 0 saturated carbocycles. The van der Waals surface area contributed by atoms with Crippen LogP contribution in [0.25, 0.3) is 0 Å². The summed E-state index contributed by atoms with van der Waals surface area (Å²) in [5.74, 6) is 0.788. The number of hydrogen-bond acceptors (Lipinski definition) is 6. The van der Waals surface area contributed by atoms with Crippen molar-refractivity contribution in [3.63, 3.8) is 0 Å². The molecule has 0 aliphatic heterocycles. The maximum atomic E-state index is 11.5. The first-order valence-electron chi connectivity index (χ1n) is 8.54. The number of methoxy groups -OCH3 is 2. The van der Waals surface area contributed by atoms with Crippen molar-refractivity contribution in [1.29, 1.82) is 0 Å². The lowest BCUT2D eigenvalue weighted by Crippen LogP contribution is -2.26. The number of nitrogens with two attached hydrogens (primary N) is 1. The normalized spacial score (nSPS) is 10.9. The van der Waals surface area contributed by atoms with Crippen LogP contribution < -0.4 is 15.2 Å². The predicted octanol–water partition coefficient (Wildman–Crippen LogP) is 3.62. The highest BCUT2D eigenvalue weighted by atomic mass is 35.5. The number of nitro groups is 1. The topological polar surface area (TPSA) is 90.9 Å². The Morgan fingerprint density at radius 1 is 1.15 bits per heavy atom. The van der Waals surface area contributed by atoms with E-state index in [1.807, 2.05) is 24.3 Å². The average molecular weight is 394 g/mol. The monoisotopic (exact) mass is 393 g/mol. The van der Waals surface area contributed by atoms with Crippen molar-refractivity contribution >= 4 is 17.3 Å². The van der Waals surface area contributed by atoms with E-state index in [0.717, 1.165) is 12.0 Å². The number of rotatable bonds is 10. The molecule has 0 unspecified atom stereocenters. The fraction of sp³-hybridized carbons (Fsp3) is 0.368. The molecule has 146 valence electrons. The quantitative estimate of drug-likeness (QED) is 0.489. The molecule has 0 aliphatic rings. The zero-order valence-corrected chi connectivity index (χ0v) is 16.2. The SMILES string of the molecule is COc1cc(CN(CCCN)Cc2cccc(Cl)c2)c([N+](=O)[O-])cc1OC. The van der Waals surface area contributed by atoms with Crippen LogP contribution >= 0.6 is 11.6 Å². The highest BCUT2D eigenvalue weighted by Crippen LogP contribution is 2.35. The van der Waals surface area contributed by atoms with Gasteiger partial charge in [0.15, 0.2) is 11.5 Å². The van der Waals surface area contributed by atoms with Crippen molar-refractivity contribution in [2.45, 2.75) is 19.5 Å². The Labute approximate surface area is 163 Å². The van der Waals surface area contributed by atoms with Gasteiger partial charge in [-0.25, -0.2) is 0 Å². The molecule has 8 heteroatoms. The summed E-state index contributed by atoms with van der Waals surface area (Å²) in [4.78, 5) is 13.2. The molecule has 0 radical (unpaired) electrons. The van der Waals surface area contributed by atoms with Crippen molar-refractivity contribution in [2.24, 2.45) is 5.73 Å². The van der Waals surface area contributed by atoms with E-state index < -0.39 is 4.92 Å². The van der Waals surface area contributed by atoms with Crippen LogP contribution in [0.5, 0.6) is 11.5 Å².